The molecule has 12 heavy (non-hydrogen) atoms. The molecule has 0 saturated carbocycles. The Labute approximate surface area is 83.4 Å². The van der Waals surface area contributed by atoms with E-state index in [4.69, 9.17) is 5.11 Å². The van der Waals surface area contributed by atoms with Crippen molar-refractivity contribution in [3.05, 3.63) is 20.3 Å². The first-order valence-electron chi connectivity index (χ1n) is 3.56. The normalized spacial score (nSPS) is 10.2. The van der Waals surface area contributed by atoms with Gasteiger partial charge in [-0.25, -0.2) is 0 Å². The zero-order valence-corrected chi connectivity index (χ0v) is 9.04. The van der Waals surface area contributed by atoms with E-state index in [0.717, 1.165) is 9.35 Å². The van der Waals surface area contributed by atoms with Crippen molar-refractivity contribution in [2.75, 3.05) is 0 Å². The molecule has 66 valence electrons. The zero-order valence-electron chi connectivity index (χ0n) is 6.63. The average Bonchev–Trinajstić information content (AvgIpc) is 2.26. The lowest BCUT2D eigenvalue weighted by Gasteiger charge is -1.93. The largest absolute Gasteiger partial charge is 0.481 e. The molecule has 0 spiro atoms. The second-order valence-corrected chi connectivity index (χ2v) is 5.12. The van der Waals surface area contributed by atoms with E-state index in [9.17, 15) is 4.79 Å². The molecule has 2 nitrogen and oxygen atoms in total. The van der Waals surface area contributed by atoms with Crippen LogP contribution in [0.3, 0.4) is 0 Å². The number of aryl methyl sites for hydroxylation is 2. The molecule has 0 bridgehead atoms. The van der Waals surface area contributed by atoms with E-state index < -0.39 is 5.97 Å². The summed E-state index contributed by atoms with van der Waals surface area (Å²) in [6.07, 6.45) is 0.815. The Balaban J connectivity index is 2.62. The van der Waals surface area contributed by atoms with Crippen LogP contribution in [0.2, 0.25) is 0 Å². The van der Waals surface area contributed by atoms with Gasteiger partial charge in [-0.1, -0.05) is 0 Å². The predicted molar refractivity (Wildman–Crippen MR) is 52.7 cm³/mol. The maximum absolute atomic E-state index is 10.3. The van der Waals surface area contributed by atoms with Gasteiger partial charge in [0.1, 0.15) is 0 Å². The van der Waals surface area contributed by atoms with Gasteiger partial charge in [-0.3, -0.25) is 4.79 Å². The number of halogens is 1. The first-order chi connectivity index (χ1) is 5.59. The van der Waals surface area contributed by atoms with Crippen LogP contribution in [-0.4, -0.2) is 11.1 Å². The molecule has 1 N–H and O–H groups in total. The molecule has 4 heteroatoms. The number of aliphatic carboxylic acids is 1. The average molecular weight is 249 g/mol. The van der Waals surface area contributed by atoms with Gasteiger partial charge in [0.25, 0.3) is 0 Å². The summed E-state index contributed by atoms with van der Waals surface area (Å²) in [5.74, 6) is -0.745. The number of hydrogen-bond acceptors (Lipinski definition) is 2. The van der Waals surface area contributed by atoms with Gasteiger partial charge < -0.3 is 5.11 Å². The third kappa shape index (κ3) is 2.60. The quantitative estimate of drug-likeness (QED) is 0.894. The summed E-state index contributed by atoms with van der Waals surface area (Å²) in [6, 6.07) is 2.03. The maximum Gasteiger partial charge on any atom is 0.303 e. The fourth-order valence-electron chi connectivity index (χ4n) is 0.950. The van der Waals surface area contributed by atoms with Crippen molar-refractivity contribution < 1.29 is 9.90 Å². The van der Waals surface area contributed by atoms with Crippen molar-refractivity contribution in [1.29, 1.82) is 0 Å². The van der Waals surface area contributed by atoms with Crippen molar-refractivity contribution in [1.82, 2.24) is 0 Å². The van der Waals surface area contributed by atoms with Crippen LogP contribution in [-0.2, 0) is 11.2 Å². The molecule has 0 radical (unpaired) electrons. The number of hydrogen-bond donors (Lipinski definition) is 1. The number of rotatable bonds is 3. The zero-order chi connectivity index (χ0) is 9.14. The van der Waals surface area contributed by atoms with E-state index >= 15 is 0 Å². The number of carboxylic acids is 1. The molecule has 0 atom stereocenters. The summed E-state index contributed by atoms with van der Waals surface area (Å²) in [7, 11) is 0. The molecule has 0 amide bonds. The number of thiophene rings is 1. The van der Waals surface area contributed by atoms with Crippen LogP contribution in [0.15, 0.2) is 9.85 Å². The van der Waals surface area contributed by atoms with Crippen molar-refractivity contribution in [2.45, 2.75) is 19.8 Å². The summed E-state index contributed by atoms with van der Waals surface area (Å²) < 4.78 is 1.06. The molecule has 0 aliphatic heterocycles. The SMILES string of the molecule is Cc1cc(CCC(=O)O)c(Br)s1. The lowest BCUT2D eigenvalue weighted by molar-refractivity contribution is -0.136. The summed E-state index contributed by atoms with van der Waals surface area (Å²) in [5.41, 5.74) is 1.10. The highest BCUT2D eigenvalue weighted by molar-refractivity contribution is 9.11. The van der Waals surface area contributed by atoms with Gasteiger partial charge in [-0.2, -0.15) is 0 Å². The number of carbonyl (C=O) groups is 1. The van der Waals surface area contributed by atoms with Gasteiger partial charge in [0.2, 0.25) is 0 Å². The van der Waals surface area contributed by atoms with E-state index in [0.29, 0.717) is 6.42 Å². The molecule has 1 heterocycles. The molecular weight excluding hydrogens is 240 g/mol. The molecule has 0 aromatic carbocycles. The van der Waals surface area contributed by atoms with Crippen LogP contribution >= 0.6 is 27.3 Å². The summed E-state index contributed by atoms with van der Waals surface area (Å²) in [6.45, 7) is 2.01. The minimum absolute atomic E-state index is 0.203. The van der Waals surface area contributed by atoms with Crippen LogP contribution in [0.5, 0.6) is 0 Å². The Kier molecular flexibility index (Phi) is 3.29. The van der Waals surface area contributed by atoms with E-state index in [1.54, 1.807) is 11.3 Å². The molecule has 1 aromatic heterocycles. The third-order valence-electron chi connectivity index (χ3n) is 1.49. The second kappa shape index (κ2) is 4.05. The van der Waals surface area contributed by atoms with Crippen LogP contribution in [0.4, 0.5) is 0 Å². The Morgan fingerprint density at radius 2 is 2.42 bits per heavy atom. The van der Waals surface area contributed by atoms with E-state index in [-0.39, 0.29) is 6.42 Å². The molecule has 1 aromatic rings. The Bertz CT molecular complexity index is 293. The van der Waals surface area contributed by atoms with Crippen molar-refractivity contribution in [3.8, 4) is 0 Å². The standard InChI is InChI=1S/C8H9BrO2S/c1-5-4-6(8(9)12-5)2-3-7(10)11/h4H,2-3H2,1H3,(H,10,11). The van der Waals surface area contributed by atoms with Crippen molar-refractivity contribution >= 4 is 33.2 Å². The molecule has 0 aliphatic carbocycles. The van der Waals surface area contributed by atoms with E-state index in [1.165, 1.54) is 4.88 Å². The van der Waals surface area contributed by atoms with Gasteiger partial charge in [0, 0.05) is 11.3 Å². The van der Waals surface area contributed by atoms with Gasteiger partial charge in [-0.15, -0.1) is 11.3 Å². The van der Waals surface area contributed by atoms with Crippen LogP contribution in [0, 0.1) is 6.92 Å². The molecule has 0 unspecified atom stereocenters. The van der Waals surface area contributed by atoms with E-state index in [1.807, 2.05) is 13.0 Å². The Morgan fingerprint density at radius 3 is 2.83 bits per heavy atom. The van der Waals surface area contributed by atoms with Gasteiger partial charge in [0.05, 0.1) is 3.79 Å². The first kappa shape index (κ1) is 9.74. The lowest BCUT2D eigenvalue weighted by Crippen LogP contribution is -1.96. The third-order valence-corrected chi connectivity index (χ3v) is 3.36. The van der Waals surface area contributed by atoms with Crippen molar-refractivity contribution in [3.63, 3.8) is 0 Å². The Hall–Kier alpha value is -0.350. The highest BCUT2D eigenvalue weighted by atomic mass is 79.9. The van der Waals surface area contributed by atoms with Gasteiger partial charge in [-0.05, 0) is 40.9 Å². The lowest BCUT2D eigenvalue weighted by atomic mass is 10.2. The van der Waals surface area contributed by atoms with Crippen LogP contribution < -0.4 is 0 Å². The molecular formula is C8H9BrO2S. The topological polar surface area (TPSA) is 37.3 Å². The minimum atomic E-state index is -0.745. The molecule has 0 aliphatic rings. The van der Waals surface area contributed by atoms with Crippen molar-refractivity contribution in [2.24, 2.45) is 0 Å². The first-order valence-corrected chi connectivity index (χ1v) is 5.17. The maximum atomic E-state index is 10.3. The second-order valence-electron chi connectivity index (χ2n) is 2.55. The summed E-state index contributed by atoms with van der Waals surface area (Å²) in [5, 5.41) is 8.46. The summed E-state index contributed by atoms with van der Waals surface area (Å²) in [4.78, 5) is 11.5. The fraction of sp³-hybridized carbons (Fsp3) is 0.375. The molecule has 0 saturated heterocycles. The monoisotopic (exact) mass is 248 g/mol. The smallest absolute Gasteiger partial charge is 0.303 e. The van der Waals surface area contributed by atoms with E-state index in [2.05, 4.69) is 15.9 Å². The highest BCUT2D eigenvalue weighted by Gasteiger charge is 2.05. The predicted octanol–water partition coefficient (Wildman–Crippen LogP) is 2.84. The minimum Gasteiger partial charge on any atom is -0.481 e. The highest BCUT2D eigenvalue weighted by Crippen LogP contribution is 2.28. The van der Waals surface area contributed by atoms with Crippen LogP contribution in [0.25, 0.3) is 0 Å². The van der Waals surface area contributed by atoms with Gasteiger partial charge in [0.15, 0.2) is 0 Å². The summed E-state index contributed by atoms with van der Waals surface area (Å²) >= 11 is 5.04. The molecule has 1 rings (SSSR count). The fourth-order valence-corrected chi connectivity index (χ4v) is 2.81. The van der Waals surface area contributed by atoms with Crippen LogP contribution in [0.1, 0.15) is 16.9 Å². The number of carboxylic acid groups (broad SMARTS) is 1. The Morgan fingerprint density at radius 1 is 1.75 bits per heavy atom. The van der Waals surface area contributed by atoms with Gasteiger partial charge >= 0.3 is 5.97 Å². The molecule has 0 fully saturated rings.